The first-order chi connectivity index (χ1) is 31.6. The normalized spacial score (nSPS) is 15.1. The van der Waals surface area contributed by atoms with Gasteiger partial charge in [-0.3, -0.25) is 27.4 Å². The molecule has 2 aromatic heterocycles. The largest absolute Gasteiger partial charge is 0.374 e. The van der Waals surface area contributed by atoms with E-state index in [1.807, 2.05) is 189 Å². The quantitative estimate of drug-likeness (QED) is 0.155. The van der Waals surface area contributed by atoms with E-state index in [1.54, 1.807) is 0 Å². The van der Waals surface area contributed by atoms with E-state index in [4.69, 9.17) is 0 Å². The average molecular weight is 865 g/mol. The maximum Gasteiger partial charge on any atom is 0.374 e. The smallest absolute Gasteiger partial charge is 0.256 e. The van der Waals surface area contributed by atoms with Crippen molar-refractivity contribution >= 4 is 104 Å². The molecule has 2 aliphatic rings. The number of rotatable bonds is 6. The number of anilines is 8. The molecule has 10 heteroatoms. The highest BCUT2D eigenvalue weighted by Gasteiger charge is 2.53. The standard InChI is InChI=1S/C54H38N6O2P2/c61-63(55(39-21-5-1-6-22-39)49-33-17-18-34-50(49)56(63)40-23-7-2-8-24-40)59-47-31-15-13-29-43(47)45-37-38-46-44-30-14-16-32-48(44)60(54(46)53(45)59)64(62)57(41-25-9-3-10-26-41)51-35-19-20-36-52(51)58(64)42-27-11-4-12-28-42/h1-38H. The van der Waals surface area contributed by atoms with E-state index in [1.165, 1.54) is 0 Å². The minimum absolute atomic E-state index is 0.722. The highest BCUT2D eigenvalue weighted by Crippen LogP contribution is 2.75. The van der Waals surface area contributed by atoms with Crippen molar-refractivity contribution in [3.63, 3.8) is 0 Å². The monoisotopic (exact) mass is 864 g/mol. The van der Waals surface area contributed by atoms with E-state index in [2.05, 4.69) is 69.3 Å². The molecule has 13 rings (SSSR count). The van der Waals surface area contributed by atoms with Crippen LogP contribution in [0.3, 0.4) is 0 Å². The number of aromatic nitrogens is 2. The molecule has 0 spiro atoms. The van der Waals surface area contributed by atoms with Crippen LogP contribution in [0.1, 0.15) is 0 Å². The van der Waals surface area contributed by atoms with Crippen LogP contribution in [0.15, 0.2) is 231 Å². The second-order valence-electron chi connectivity index (χ2n) is 16.1. The summed E-state index contributed by atoms with van der Waals surface area (Å²) in [5.41, 5.74) is 9.50. The predicted molar refractivity (Wildman–Crippen MR) is 266 cm³/mol. The van der Waals surface area contributed by atoms with Crippen LogP contribution in [0.2, 0.25) is 0 Å². The number of fused-ring (bicyclic) bond motifs is 9. The third-order valence-electron chi connectivity index (χ3n) is 12.7. The molecule has 0 fully saturated rings. The lowest BCUT2D eigenvalue weighted by Crippen LogP contribution is -2.24. The lowest BCUT2D eigenvalue weighted by molar-refractivity contribution is 0.570. The second-order valence-corrected chi connectivity index (χ2v) is 20.6. The van der Waals surface area contributed by atoms with E-state index in [0.717, 1.165) is 89.1 Å². The second kappa shape index (κ2) is 13.9. The summed E-state index contributed by atoms with van der Waals surface area (Å²) in [4.78, 5) is 0. The minimum atomic E-state index is -4.08. The zero-order valence-corrected chi connectivity index (χ0v) is 36.1. The van der Waals surface area contributed by atoms with Gasteiger partial charge in [0.05, 0.1) is 67.6 Å². The molecule has 4 heterocycles. The van der Waals surface area contributed by atoms with Crippen molar-refractivity contribution in [3.8, 4) is 0 Å². The van der Waals surface area contributed by atoms with Crippen LogP contribution in [0.4, 0.5) is 45.5 Å². The van der Waals surface area contributed by atoms with Gasteiger partial charge in [0.1, 0.15) is 0 Å². The van der Waals surface area contributed by atoms with Gasteiger partial charge in [0.2, 0.25) is 0 Å². The molecule has 0 saturated heterocycles. The maximum absolute atomic E-state index is 17.9. The number of hydrogen-bond acceptors (Lipinski definition) is 2. The number of para-hydroxylation sites is 10. The Hall–Kier alpha value is -7.76. The summed E-state index contributed by atoms with van der Waals surface area (Å²) in [5.74, 6) is 0. The first-order valence-electron chi connectivity index (χ1n) is 21.4. The molecule has 306 valence electrons. The molecule has 0 bridgehead atoms. The highest BCUT2D eigenvalue weighted by atomic mass is 31.2. The van der Waals surface area contributed by atoms with Gasteiger partial charge in [-0.15, -0.1) is 0 Å². The van der Waals surface area contributed by atoms with E-state index in [0.29, 0.717) is 0 Å². The molecule has 0 aliphatic carbocycles. The molecule has 0 amide bonds. The van der Waals surface area contributed by atoms with Crippen molar-refractivity contribution in [2.24, 2.45) is 0 Å². The van der Waals surface area contributed by atoms with Gasteiger partial charge in [0, 0.05) is 21.5 Å². The lowest BCUT2D eigenvalue weighted by atomic mass is 10.1. The van der Waals surface area contributed by atoms with Gasteiger partial charge in [-0.2, -0.15) is 0 Å². The van der Waals surface area contributed by atoms with Crippen LogP contribution in [-0.2, 0) is 9.13 Å². The Morgan fingerprint density at radius 2 is 0.500 bits per heavy atom. The lowest BCUT2D eigenvalue weighted by Gasteiger charge is -2.36. The van der Waals surface area contributed by atoms with Gasteiger partial charge in [0.25, 0.3) is 0 Å². The van der Waals surface area contributed by atoms with Gasteiger partial charge in [0.15, 0.2) is 0 Å². The van der Waals surface area contributed by atoms with Crippen molar-refractivity contribution in [2.75, 3.05) is 18.7 Å². The predicted octanol–water partition coefficient (Wildman–Crippen LogP) is 15.8. The van der Waals surface area contributed by atoms with Gasteiger partial charge < -0.3 is 0 Å². The summed E-state index contributed by atoms with van der Waals surface area (Å²) >= 11 is 0. The van der Waals surface area contributed by atoms with Crippen LogP contribution >= 0.6 is 15.2 Å². The number of hydrogen-bond donors (Lipinski definition) is 0. The SMILES string of the molecule is O=P1(n2c3ccccc3c3ccc4c5ccccc5n(P5(=O)N(c6ccccc6)c6ccccc6N5c5ccccc5)c4c32)N(c2ccccc2)c2ccccc2N1c1ccccc1. The zero-order valence-electron chi connectivity index (χ0n) is 34.3. The summed E-state index contributed by atoms with van der Waals surface area (Å²) in [5, 5.41) is 3.69. The minimum Gasteiger partial charge on any atom is -0.256 e. The van der Waals surface area contributed by atoms with Crippen LogP contribution in [0.5, 0.6) is 0 Å². The Kier molecular flexibility index (Phi) is 7.99. The molecule has 0 atom stereocenters. The molecule has 8 nitrogen and oxygen atoms in total. The van der Waals surface area contributed by atoms with Crippen LogP contribution in [-0.4, -0.2) is 8.68 Å². The van der Waals surface area contributed by atoms with Crippen molar-refractivity contribution in [2.45, 2.75) is 0 Å². The molecular formula is C54H38N6O2P2. The van der Waals surface area contributed by atoms with Gasteiger partial charge in [-0.05, 0) is 84.9 Å². The van der Waals surface area contributed by atoms with E-state index in [-0.39, 0.29) is 0 Å². The molecule has 2 aliphatic heterocycles. The van der Waals surface area contributed by atoms with Gasteiger partial charge in [-0.1, -0.05) is 146 Å². The Morgan fingerprint density at radius 3 is 0.797 bits per heavy atom. The fourth-order valence-corrected chi connectivity index (χ4v) is 16.6. The Bertz CT molecular complexity index is 3340. The van der Waals surface area contributed by atoms with E-state index in [9.17, 15) is 0 Å². The maximum atomic E-state index is 17.9. The Balaban J connectivity index is 1.25. The van der Waals surface area contributed by atoms with Crippen molar-refractivity contribution in [1.29, 1.82) is 0 Å². The molecule has 0 N–H and O–H groups in total. The Labute approximate surface area is 369 Å². The summed E-state index contributed by atoms with van der Waals surface area (Å²) in [6, 6.07) is 77.2. The summed E-state index contributed by atoms with van der Waals surface area (Å²) < 4.78 is 48.0. The molecule has 9 aromatic carbocycles. The fraction of sp³-hybridized carbons (Fsp3) is 0. The Morgan fingerprint density at radius 1 is 0.250 bits per heavy atom. The van der Waals surface area contributed by atoms with Gasteiger partial charge >= 0.3 is 15.2 Å². The average Bonchev–Trinajstić information content (AvgIpc) is 4.04. The summed E-state index contributed by atoms with van der Waals surface area (Å²) in [6.07, 6.45) is 0. The van der Waals surface area contributed by atoms with Crippen molar-refractivity contribution < 1.29 is 9.13 Å². The first-order valence-corrected chi connectivity index (χ1v) is 24.5. The number of nitrogens with zero attached hydrogens (tertiary/aromatic N) is 6. The molecular weight excluding hydrogens is 827 g/mol. The summed E-state index contributed by atoms with van der Waals surface area (Å²) in [7, 11) is -8.17. The van der Waals surface area contributed by atoms with Gasteiger partial charge in [-0.25, -0.2) is 9.13 Å². The topological polar surface area (TPSA) is 57.0 Å². The van der Waals surface area contributed by atoms with Crippen LogP contribution in [0, 0.1) is 0 Å². The summed E-state index contributed by atoms with van der Waals surface area (Å²) in [6.45, 7) is 0. The van der Waals surface area contributed by atoms with E-state index < -0.39 is 15.2 Å². The third kappa shape index (κ3) is 4.89. The highest BCUT2D eigenvalue weighted by molar-refractivity contribution is 7.68. The molecule has 0 unspecified atom stereocenters. The third-order valence-corrected chi connectivity index (χ3v) is 18.4. The van der Waals surface area contributed by atoms with Crippen molar-refractivity contribution in [1.82, 2.24) is 8.68 Å². The number of benzene rings is 9. The fourth-order valence-electron chi connectivity index (χ4n) is 10.2. The molecule has 0 saturated carbocycles. The zero-order chi connectivity index (χ0) is 42.6. The molecule has 11 aromatic rings. The molecule has 64 heavy (non-hydrogen) atoms. The van der Waals surface area contributed by atoms with Crippen LogP contribution < -0.4 is 18.7 Å². The molecule has 0 radical (unpaired) electrons. The first kappa shape index (κ1) is 36.9. The van der Waals surface area contributed by atoms with Crippen molar-refractivity contribution in [3.05, 3.63) is 231 Å². The van der Waals surface area contributed by atoms with Crippen LogP contribution in [0.25, 0.3) is 43.6 Å². The van der Waals surface area contributed by atoms with E-state index >= 15 is 9.13 Å².